The number of anilines is 1. The first-order chi connectivity index (χ1) is 9.72. The topological polar surface area (TPSA) is 102 Å². The lowest BCUT2D eigenvalue weighted by atomic mass is 10.0. The molecule has 1 aromatic rings. The number of nitrogens with one attached hydrogen (secondary N) is 3. The Morgan fingerprint density at radius 1 is 1.40 bits per heavy atom. The van der Waals surface area contributed by atoms with E-state index in [1.54, 1.807) is 13.2 Å². The van der Waals surface area contributed by atoms with E-state index in [9.17, 15) is 4.79 Å². The number of nitrogens with zero attached hydrogens (tertiary/aromatic N) is 3. The fourth-order valence-electron chi connectivity index (χ4n) is 1.76. The van der Waals surface area contributed by atoms with Gasteiger partial charge in [0.15, 0.2) is 0 Å². The number of aliphatic imine (C=N–C) groups is 1. The number of hydrazone groups is 1. The third kappa shape index (κ3) is 3.32. The largest absolute Gasteiger partial charge is 0.358 e. The van der Waals surface area contributed by atoms with Gasteiger partial charge in [0.1, 0.15) is 0 Å². The number of carbonyl (C=O) groups excluding carboxylic acids is 1. The van der Waals surface area contributed by atoms with Gasteiger partial charge in [0.25, 0.3) is 0 Å². The molecule has 1 amide bonds. The van der Waals surface area contributed by atoms with E-state index in [-0.39, 0.29) is 5.91 Å². The van der Waals surface area contributed by atoms with Gasteiger partial charge in [-0.25, -0.2) is 5.43 Å². The molecule has 0 saturated heterocycles. The highest BCUT2D eigenvalue weighted by atomic mass is 16.2. The predicted molar refractivity (Wildman–Crippen MR) is 76.1 cm³/mol. The number of rotatable bonds is 2. The van der Waals surface area contributed by atoms with Crippen LogP contribution in [0.25, 0.3) is 0 Å². The van der Waals surface area contributed by atoms with E-state index in [4.69, 9.17) is 5.26 Å². The molecule has 0 atom stereocenters. The average molecular weight is 270 g/mol. The van der Waals surface area contributed by atoms with Crippen molar-refractivity contribution in [3.05, 3.63) is 29.8 Å². The number of hydrogen-bond acceptors (Lipinski definition) is 4. The molecule has 2 rings (SSSR count). The van der Waals surface area contributed by atoms with Gasteiger partial charge in [-0.2, -0.15) is 10.4 Å². The second-order valence-electron chi connectivity index (χ2n) is 4.11. The molecule has 1 aliphatic heterocycles. The molecular weight excluding hydrogens is 256 g/mol. The summed E-state index contributed by atoms with van der Waals surface area (Å²) < 4.78 is 0. The van der Waals surface area contributed by atoms with Crippen molar-refractivity contribution in [2.24, 2.45) is 10.1 Å². The smallest absolute Gasteiger partial charge is 0.240 e. The van der Waals surface area contributed by atoms with Gasteiger partial charge in [0.05, 0.1) is 5.71 Å². The van der Waals surface area contributed by atoms with Crippen LogP contribution in [0.5, 0.6) is 0 Å². The van der Waals surface area contributed by atoms with E-state index in [0.29, 0.717) is 18.8 Å². The van der Waals surface area contributed by atoms with Crippen molar-refractivity contribution in [3.63, 3.8) is 0 Å². The summed E-state index contributed by atoms with van der Waals surface area (Å²) >= 11 is 0. The highest BCUT2D eigenvalue weighted by Gasteiger charge is 2.12. The maximum Gasteiger partial charge on any atom is 0.240 e. The number of amides is 1. The molecule has 20 heavy (non-hydrogen) atoms. The van der Waals surface area contributed by atoms with Crippen LogP contribution in [-0.4, -0.2) is 24.6 Å². The molecule has 0 bridgehead atoms. The Balaban J connectivity index is 2.09. The molecule has 0 radical (unpaired) electrons. The van der Waals surface area contributed by atoms with Crippen LogP contribution in [0.2, 0.25) is 0 Å². The minimum absolute atomic E-state index is 0.0570. The zero-order valence-electron chi connectivity index (χ0n) is 11.0. The molecule has 0 saturated carbocycles. The van der Waals surface area contributed by atoms with Crippen LogP contribution in [0.4, 0.5) is 5.69 Å². The van der Waals surface area contributed by atoms with Gasteiger partial charge in [0, 0.05) is 25.6 Å². The highest BCUT2D eigenvalue weighted by Crippen LogP contribution is 2.14. The Kier molecular flexibility index (Phi) is 4.29. The highest BCUT2D eigenvalue weighted by molar-refractivity contribution is 6.04. The van der Waals surface area contributed by atoms with E-state index < -0.39 is 0 Å². The van der Waals surface area contributed by atoms with Crippen molar-refractivity contribution in [2.45, 2.75) is 12.8 Å². The van der Waals surface area contributed by atoms with E-state index in [0.717, 1.165) is 17.0 Å². The summed E-state index contributed by atoms with van der Waals surface area (Å²) in [6.45, 7) is 0. The minimum Gasteiger partial charge on any atom is -0.358 e. The molecule has 1 aromatic carbocycles. The van der Waals surface area contributed by atoms with Crippen LogP contribution >= 0.6 is 0 Å². The van der Waals surface area contributed by atoms with Crippen LogP contribution in [0.1, 0.15) is 18.4 Å². The van der Waals surface area contributed by atoms with Crippen LogP contribution < -0.4 is 16.1 Å². The molecule has 0 aromatic heterocycles. The monoisotopic (exact) mass is 270 g/mol. The number of carbonyl (C=O) groups is 1. The van der Waals surface area contributed by atoms with Gasteiger partial charge in [-0.05, 0) is 17.7 Å². The summed E-state index contributed by atoms with van der Waals surface area (Å²) in [4.78, 5) is 14.6. The van der Waals surface area contributed by atoms with Crippen molar-refractivity contribution in [1.29, 1.82) is 5.26 Å². The van der Waals surface area contributed by atoms with Crippen LogP contribution in [0.15, 0.2) is 34.4 Å². The summed E-state index contributed by atoms with van der Waals surface area (Å²) in [5.41, 5.74) is 5.09. The molecule has 102 valence electrons. The van der Waals surface area contributed by atoms with Gasteiger partial charge in [-0.3, -0.25) is 4.79 Å². The maximum absolute atomic E-state index is 11.0. The lowest BCUT2D eigenvalue weighted by Crippen LogP contribution is -2.27. The molecule has 0 fully saturated rings. The molecule has 0 unspecified atom stereocenters. The maximum atomic E-state index is 11.0. The third-order valence-electron chi connectivity index (χ3n) is 2.78. The fourth-order valence-corrected chi connectivity index (χ4v) is 1.76. The molecule has 0 spiro atoms. The second-order valence-corrected chi connectivity index (χ2v) is 4.11. The van der Waals surface area contributed by atoms with Crippen LogP contribution in [-0.2, 0) is 4.79 Å². The quantitative estimate of drug-likeness (QED) is 0.419. The zero-order valence-corrected chi connectivity index (χ0v) is 11.0. The molecule has 1 heterocycles. The number of hydrogen-bond donors (Lipinski definition) is 3. The minimum atomic E-state index is -0.0570. The lowest BCUT2D eigenvalue weighted by Gasteiger charge is -2.13. The first-order valence-corrected chi connectivity index (χ1v) is 6.10. The third-order valence-corrected chi connectivity index (χ3v) is 2.78. The van der Waals surface area contributed by atoms with Crippen molar-refractivity contribution in [1.82, 2.24) is 10.7 Å². The summed E-state index contributed by atoms with van der Waals surface area (Å²) in [5, 5.41) is 18.3. The summed E-state index contributed by atoms with van der Waals surface area (Å²) in [7, 11) is 1.68. The first kappa shape index (κ1) is 13.5. The van der Waals surface area contributed by atoms with Crippen LogP contribution in [0, 0.1) is 11.5 Å². The normalized spacial score (nSPS) is 14.9. The molecule has 0 aliphatic carbocycles. The lowest BCUT2D eigenvalue weighted by molar-refractivity contribution is -0.121. The average Bonchev–Trinajstić information content (AvgIpc) is 2.48. The van der Waals surface area contributed by atoms with Crippen LogP contribution in [0.3, 0.4) is 0 Å². The second kappa shape index (κ2) is 6.33. The van der Waals surface area contributed by atoms with E-state index in [1.807, 2.05) is 24.3 Å². The molecular formula is C13H14N6O. The van der Waals surface area contributed by atoms with Gasteiger partial charge >= 0.3 is 0 Å². The van der Waals surface area contributed by atoms with Gasteiger partial charge in [-0.1, -0.05) is 12.1 Å². The van der Waals surface area contributed by atoms with Crippen molar-refractivity contribution >= 4 is 23.3 Å². The standard InChI is InChI=1S/C13H14N6O/c1-15-13(16-8-14)17-10-4-2-9(3-5-10)11-6-7-12(20)19-18-11/h2-5H,6-7H2,1H3,(H,19,20)(H2,15,16,17). The Morgan fingerprint density at radius 2 is 2.15 bits per heavy atom. The summed E-state index contributed by atoms with van der Waals surface area (Å²) in [5.74, 6) is 0.320. The van der Waals surface area contributed by atoms with E-state index in [2.05, 4.69) is 26.2 Å². The molecule has 7 nitrogen and oxygen atoms in total. The Bertz CT molecular complexity index is 596. The number of nitriles is 1. The van der Waals surface area contributed by atoms with Gasteiger partial charge in [0.2, 0.25) is 18.1 Å². The van der Waals surface area contributed by atoms with Gasteiger partial charge < -0.3 is 10.6 Å². The summed E-state index contributed by atoms with van der Waals surface area (Å²) in [6.07, 6.45) is 2.80. The Labute approximate surface area is 116 Å². The Hall–Kier alpha value is -2.88. The number of guanidine groups is 1. The van der Waals surface area contributed by atoms with E-state index >= 15 is 0 Å². The number of benzene rings is 1. The predicted octanol–water partition coefficient (Wildman–Crippen LogP) is 0.769. The first-order valence-electron chi connectivity index (χ1n) is 6.10. The fraction of sp³-hybridized carbons (Fsp3) is 0.231. The van der Waals surface area contributed by atoms with Crippen molar-refractivity contribution in [2.75, 3.05) is 12.4 Å². The SMILES string of the molecule is CNC(=NC#N)Nc1ccc(C2=NNC(=O)CC2)cc1. The molecule has 1 aliphatic rings. The van der Waals surface area contributed by atoms with Crippen molar-refractivity contribution < 1.29 is 4.79 Å². The van der Waals surface area contributed by atoms with E-state index in [1.165, 1.54) is 0 Å². The van der Waals surface area contributed by atoms with Crippen molar-refractivity contribution in [3.8, 4) is 6.19 Å². The Morgan fingerprint density at radius 3 is 2.70 bits per heavy atom. The zero-order chi connectivity index (χ0) is 14.4. The molecule has 7 heteroatoms. The molecule has 3 N–H and O–H groups in total. The summed E-state index contributed by atoms with van der Waals surface area (Å²) in [6, 6.07) is 7.52. The van der Waals surface area contributed by atoms with Gasteiger partial charge in [-0.15, -0.1) is 4.99 Å².